The number of ketones is 1. The van der Waals surface area contributed by atoms with Gasteiger partial charge in [-0.2, -0.15) is 0 Å². The van der Waals surface area contributed by atoms with Crippen molar-refractivity contribution in [2.45, 2.75) is 71.1 Å². The lowest BCUT2D eigenvalue weighted by Crippen LogP contribution is -2.35. The molecular weight excluding hydrogens is 334 g/mol. The average Bonchev–Trinajstić information content (AvgIpc) is 2.60. The van der Waals surface area contributed by atoms with Gasteiger partial charge < -0.3 is 14.4 Å². The fourth-order valence-corrected chi connectivity index (χ4v) is 3.37. The zero-order chi connectivity index (χ0) is 18.9. The quantitative estimate of drug-likeness (QED) is 0.535. The molecule has 1 aliphatic heterocycles. The third-order valence-electron chi connectivity index (χ3n) is 4.84. The van der Waals surface area contributed by atoms with E-state index in [4.69, 9.17) is 4.42 Å². The van der Waals surface area contributed by atoms with Crippen molar-refractivity contribution in [3.63, 3.8) is 0 Å². The predicted molar refractivity (Wildman–Crippen MR) is 98.5 cm³/mol. The molecule has 144 valence electrons. The highest BCUT2D eigenvalue weighted by Crippen LogP contribution is 2.18. The summed E-state index contributed by atoms with van der Waals surface area (Å²) in [5, 5.41) is 9.76. The van der Waals surface area contributed by atoms with Gasteiger partial charge in [0.1, 0.15) is 17.1 Å². The summed E-state index contributed by atoms with van der Waals surface area (Å²) in [6.45, 7) is 3.35. The molecular formula is C20H29NO5. The Morgan fingerprint density at radius 2 is 1.65 bits per heavy atom. The third-order valence-corrected chi connectivity index (χ3v) is 4.84. The maximum absolute atomic E-state index is 12.1. The van der Waals surface area contributed by atoms with Gasteiger partial charge in [-0.1, -0.05) is 19.3 Å². The summed E-state index contributed by atoms with van der Waals surface area (Å²) in [6.07, 6.45) is 8.61. The van der Waals surface area contributed by atoms with Gasteiger partial charge in [0.05, 0.1) is 0 Å². The Hall–Kier alpha value is -2.11. The number of likely N-dealkylation sites (tertiary alicyclic amines) is 1. The van der Waals surface area contributed by atoms with Crippen molar-refractivity contribution >= 4 is 11.7 Å². The van der Waals surface area contributed by atoms with Gasteiger partial charge in [0.25, 0.3) is 0 Å². The number of nitrogens with zero attached hydrogens (tertiary/aromatic N) is 1. The van der Waals surface area contributed by atoms with Crippen LogP contribution in [0.4, 0.5) is 0 Å². The number of aromatic hydroxyl groups is 1. The van der Waals surface area contributed by atoms with E-state index in [1.54, 1.807) is 6.92 Å². The Morgan fingerprint density at radius 1 is 1.04 bits per heavy atom. The van der Waals surface area contributed by atoms with Crippen LogP contribution in [0.3, 0.4) is 0 Å². The van der Waals surface area contributed by atoms with Gasteiger partial charge >= 0.3 is 5.63 Å². The second kappa shape index (κ2) is 10.1. The molecule has 1 N–H and O–H groups in total. The highest BCUT2D eigenvalue weighted by atomic mass is 16.4. The molecule has 0 spiro atoms. The van der Waals surface area contributed by atoms with Crippen LogP contribution in [0.2, 0.25) is 0 Å². The molecule has 0 aliphatic carbocycles. The standard InChI is InChI=1S/C20H29NO5/c1-15-14-17(23)19(20(25)26-15)16(22)10-6-3-2-4-7-11-18(24)21-12-8-5-9-13-21/h14,23H,2-13H2,1H3. The number of carbonyl (C=O) groups is 2. The average molecular weight is 363 g/mol. The first-order chi connectivity index (χ1) is 12.5. The van der Waals surface area contributed by atoms with Crippen molar-refractivity contribution in [3.8, 4) is 5.75 Å². The molecule has 1 fully saturated rings. The molecule has 0 saturated carbocycles. The van der Waals surface area contributed by atoms with E-state index in [0.29, 0.717) is 12.8 Å². The molecule has 26 heavy (non-hydrogen) atoms. The maximum atomic E-state index is 12.1. The number of amides is 1. The minimum absolute atomic E-state index is 0.216. The Morgan fingerprint density at radius 3 is 2.31 bits per heavy atom. The van der Waals surface area contributed by atoms with Crippen molar-refractivity contribution in [2.75, 3.05) is 13.1 Å². The zero-order valence-corrected chi connectivity index (χ0v) is 15.6. The van der Waals surface area contributed by atoms with Crippen molar-refractivity contribution in [2.24, 2.45) is 0 Å². The second-order valence-electron chi connectivity index (χ2n) is 7.04. The number of aryl methyl sites for hydroxylation is 1. The van der Waals surface area contributed by atoms with Crippen LogP contribution in [0.15, 0.2) is 15.3 Å². The normalized spacial score (nSPS) is 14.4. The van der Waals surface area contributed by atoms with E-state index in [2.05, 4.69) is 0 Å². The Bertz CT molecular complexity index is 673. The van der Waals surface area contributed by atoms with Gasteiger partial charge in [0.2, 0.25) is 5.91 Å². The van der Waals surface area contributed by atoms with Gasteiger partial charge in [-0.15, -0.1) is 0 Å². The van der Waals surface area contributed by atoms with E-state index in [1.165, 1.54) is 12.5 Å². The molecule has 0 bridgehead atoms. The third kappa shape index (κ3) is 6.00. The lowest BCUT2D eigenvalue weighted by molar-refractivity contribution is -0.132. The molecule has 1 aliphatic rings. The first-order valence-electron chi connectivity index (χ1n) is 9.63. The summed E-state index contributed by atoms with van der Waals surface area (Å²) < 4.78 is 4.87. The molecule has 1 saturated heterocycles. The molecule has 0 aromatic carbocycles. The molecule has 1 aromatic heterocycles. The minimum atomic E-state index is -0.774. The molecule has 0 atom stereocenters. The molecule has 6 nitrogen and oxygen atoms in total. The van der Waals surface area contributed by atoms with E-state index in [0.717, 1.165) is 51.6 Å². The molecule has 6 heteroatoms. The van der Waals surface area contributed by atoms with Crippen LogP contribution >= 0.6 is 0 Å². The Balaban J connectivity index is 1.60. The number of carbonyl (C=O) groups excluding carboxylic acids is 2. The van der Waals surface area contributed by atoms with E-state index in [9.17, 15) is 19.5 Å². The topological polar surface area (TPSA) is 87.8 Å². The van der Waals surface area contributed by atoms with Crippen LogP contribution in [-0.4, -0.2) is 34.8 Å². The predicted octanol–water partition coefficient (Wildman–Crippen LogP) is 3.58. The van der Waals surface area contributed by atoms with Gasteiger partial charge in [0.15, 0.2) is 5.78 Å². The highest BCUT2D eigenvalue weighted by molar-refractivity contribution is 5.97. The van der Waals surface area contributed by atoms with E-state index in [-0.39, 0.29) is 35.2 Å². The van der Waals surface area contributed by atoms with Gasteiger partial charge in [-0.05, 0) is 39.0 Å². The zero-order valence-electron chi connectivity index (χ0n) is 15.6. The van der Waals surface area contributed by atoms with Gasteiger partial charge in [-0.25, -0.2) is 4.79 Å². The van der Waals surface area contributed by atoms with E-state index in [1.807, 2.05) is 4.90 Å². The number of piperidine rings is 1. The monoisotopic (exact) mass is 363 g/mol. The van der Waals surface area contributed by atoms with Crippen LogP contribution in [0.5, 0.6) is 5.75 Å². The summed E-state index contributed by atoms with van der Waals surface area (Å²) in [5.74, 6) is -0.138. The van der Waals surface area contributed by atoms with Gasteiger partial charge in [0, 0.05) is 32.0 Å². The van der Waals surface area contributed by atoms with Gasteiger partial charge in [-0.3, -0.25) is 9.59 Å². The lowest BCUT2D eigenvalue weighted by atomic mass is 10.0. The summed E-state index contributed by atoms with van der Waals surface area (Å²) in [7, 11) is 0. The summed E-state index contributed by atoms with van der Waals surface area (Å²) in [5.41, 5.74) is -1.02. The largest absolute Gasteiger partial charge is 0.507 e. The number of Topliss-reactive ketones (excluding diaryl/α,β-unsaturated/α-hetero) is 1. The lowest BCUT2D eigenvalue weighted by Gasteiger charge is -2.26. The first kappa shape index (κ1) is 20.2. The summed E-state index contributed by atoms with van der Waals surface area (Å²) in [6, 6.07) is 1.29. The number of unbranched alkanes of at least 4 members (excludes halogenated alkanes) is 4. The van der Waals surface area contributed by atoms with Crippen molar-refractivity contribution in [3.05, 3.63) is 27.8 Å². The number of rotatable bonds is 9. The number of hydrogen-bond acceptors (Lipinski definition) is 5. The molecule has 2 heterocycles. The first-order valence-corrected chi connectivity index (χ1v) is 9.63. The van der Waals surface area contributed by atoms with Crippen LogP contribution in [0, 0.1) is 6.92 Å². The Labute approximate surface area is 154 Å². The number of hydrogen-bond donors (Lipinski definition) is 1. The maximum Gasteiger partial charge on any atom is 0.350 e. The SMILES string of the molecule is Cc1cc(O)c(C(=O)CCCCCCCC(=O)N2CCCCC2)c(=O)o1. The second-order valence-corrected chi connectivity index (χ2v) is 7.04. The van der Waals surface area contributed by atoms with Crippen molar-refractivity contribution in [1.82, 2.24) is 4.90 Å². The van der Waals surface area contributed by atoms with Crippen molar-refractivity contribution in [1.29, 1.82) is 0 Å². The molecule has 0 radical (unpaired) electrons. The van der Waals surface area contributed by atoms with Crippen molar-refractivity contribution < 1.29 is 19.1 Å². The molecule has 0 unspecified atom stereocenters. The Kier molecular flexibility index (Phi) is 7.88. The highest BCUT2D eigenvalue weighted by Gasteiger charge is 2.18. The van der Waals surface area contributed by atoms with E-state index < -0.39 is 5.63 Å². The summed E-state index contributed by atoms with van der Waals surface area (Å²) >= 11 is 0. The van der Waals surface area contributed by atoms with Crippen LogP contribution in [-0.2, 0) is 4.79 Å². The minimum Gasteiger partial charge on any atom is -0.507 e. The summed E-state index contributed by atoms with van der Waals surface area (Å²) in [4.78, 5) is 37.8. The van der Waals surface area contributed by atoms with Crippen LogP contribution < -0.4 is 5.63 Å². The van der Waals surface area contributed by atoms with Crippen LogP contribution in [0.1, 0.15) is 80.3 Å². The molecule has 2 rings (SSSR count). The fourth-order valence-electron chi connectivity index (χ4n) is 3.37. The fraction of sp³-hybridized carbons (Fsp3) is 0.650. The smallest absolute Gasteiger partial charge is 0.350 e. The van der Waals surface area contributed by atoms with Crippen LogP contribution in [0.25, 0.3) is 0 Å². The molecule has 1 amide bonds. The van der Waals surface area contributed by atoms with E-state index >= 15 is 0 Å². The molecule has 1 aromatic rings.